The molecule has 6 heteroatoms. The van der Waals surface area contributed by atoms with E-state index in [1.807, 2.05) is 19.9 Å². The van der Waals surface area contributed by atoms with Gasteiger partial charge < -0.3 is 14.5 Å². The summed E-state index contributed by atoms with van der Waals surface area (Å²) in [5.41, 5.74) is 1.31. The number of rotatable bonds is 6. The summed E-state index contributed by atoms with van der Waals surface area (Å²) in [6.07, 6.45) is 2.40. The first kappa shape index (κ1) is 16.3. The lowest BCUT2D eigenvalue weighted by Gasteiger charge is -2.06. The lowest BCUT2D eigenvalue weighted by molar-refractivity contribution is -0.116. The number of carbonyl (C=O) groups is 2. The number of aryl methyl sites for hydroxylation is 2. The normalized spacial score (nSPS) is 10.5. The molecular weight excluding hydrogens is 302 g/mol. The maximum Gasteiger partial charge on any atom is 0.341 e. The van der Waals surface area contributed by atoms with Crippen LogP contribution in [0.25, 0.3) is 0 Å². The Morgan fingerprint density at radius 1 is 1.36 bits per heavy atom. The van der Waals surface area contributed by atoms with Crippen LogP contribution in [0, 0.1) is 13.8 Å². The molecule has 1 amide bonds. The van der Waals surface area contributed by atoms with Crippen LogP contribution in [0.5, 0.6) is 0 Å². The van der Waals surface area contributed by atoms with Crippen molar-refractivity contribution in [1.82, 2.24) is 0 Å². The summed E-state index contributed by atoms with van der Waals surface area (Å²) in [4.78, 5) is 25.1. The second-order valence-electron chi connectivity index (χ2n) is 4.84. The quantitative estimate of drug-likeness (QED) is 0.824. The summed E-state index contributed by atoms with van der Waals surface area (Å²) in [7, 11) is 0. The fourth-order valence-corrected chi connectivity index (χ4v) is 3.11. The van der Waals surface area contributed by atoms with E-state index in [9.17, 15) is 9.59 Å². The third kappa shape index (κ3) is 3.76. The minimum atomic E-state index is -0.398. The Balaban J connectivity index is 2.06. The van der Waals surface area contributed by atoms with Crippen molar-refractivity contribution in [3.05, 3.63) is 40.2 Å². The van der Waals surface area contributed by atoms with E-state index in [0.717, 1.165) is 16.2 Å². The molecule has 22 heavy (non-hydrogen) atoms. The van der Waals surface area contributed by atoms with Crippen LogP contribution in [-0.4, -0.2) is 18.5 Å². The molecule has 0 atom stereocenters. The van der Waals surface area contributed by atoms with Crippen molar-refractivity contribution in [2.75, 3.05) is 11.9 Å². The molecule has 118 valence electrons. The minimum absolute atomic E-state index is 0.150. The fraction of sp³-hybridized carbons (Fsp3) is 0.375. The Morgan fingerprint density at radius 2 is 2.14 bits per heavy atom. The topological polar surface area (TPSA) is 68.5 Å². The molecule has 0 aliphatic rings. The van der Waals surface area contributed by atoms with E-state index in [-0.39, 0.29) is 5.91 Å². The van der Waals surface area contributed by atoms with Gasteiger partial charge in [-0.15, -0.1) is 11.3 Å². The van der Waals surface area contributed by atoms with Crippen LogP contribution in [-0.2, 0) is 16.0 Å². The zero-order valence-electron chi connectivity index (χ0n) is 12.9. The smallest absolute Gasteiger partial charge is 0.341 e. The molecule has 2 rings (SSSR count). The molecule has 0 aliphatic carbocycles. The van der Waals surface area contributed by atoms with E-state index in [1.165, 1.54) is 11.3 Å². The van der Waals surface area contributed by atoms with Crippen molar-refractivity contribution in [2.24, 2.45) is 0 Å². The van der Waals surface area contributed by atoms with Crippen molar-refractivity contribution < 1.29 is 18.7 Å². The molecule has 2 aromatic rings. The number of thiophene rings is 1. The molecule has 2 aromatic heterocycles. The molecule has 0 unspecified atom stereocenters. The van der Waals surface area contributed by atoms with Crippen molar-refractivity contribution >= 4 is 28.2 Å². The summed E-state index contributed by atoms with van der Waals surface area (Å²) >= 11 is 1.39. The first-order chi connectivity index (χ1) is 10.5. The summed E-state index contributed by atoms with van der Waals surface area (Å²) in [5.74, 6) is 0.216. The van der Waals surface area contributed by atoms with E-state index in [1.54, 1.807) is 19.3 Å². The van der Waals surface area contributed by atoms with Crippen molar-refractivity contribution in [3.63, 3.8) is 0 Å². The molecule has 0 radical (unpaired) electrons. The van der Waals surface area contributed by atoms with Crippen LogP contribution in [0.3, 0.4) is 0 Å². The molecule has 0 spiro atoms. The lowest BCUT2D eigenvalue weighted by atomic mass is 10.1. The lowest BCUT2D eigenvalue weighted by Crippen LogP contribution is -2.15. The summed E-state index contributed by atoms with van der Waals surface area (Å²) < 4.78 is 10.3. The number of hydrogen-bond donors (Lipinski definition) is 1. The van der Waals surface area contributed by atoms with Crippen LogP contribution in [0.1, 0.15) is 39.9 Å². The second-order valence-corrected chi connectivity index (χ2v) is 6.06. The van der Waals surface area contributed by atoms with Crippen LogP contribution in [0.4, 0.5) is 5.00 Å². The van der Waals surface area contributed by atoms with Crippen molar-refractivity contribution in [3.8, 4) is 0 Å². The molecular formula is C16H19NO4S. The van der Waals surface area contributed by atoms with E-state index >= 15 is 0 Å². The minimum Gasteiger partial charge on any atom is -0.469 e. The fourth-order valence-electron chi connectivity index (χ4n) is 2.04. The van der Waals surface area contributed by atoms with Gasteiger partial charge in [-0.1, -0.05) is 0 Å². The molecule has 0 aromatic carbocycles. The highest BCUT2D eigenvalue weighted by atomic mass is 32.1. The molecule has 5 nitrogen and oxygen atoms in total. The molecule has 0 fully saturated rings. The van der Waals surface area contributed by atoms with Gasteiger partial charge in [-0.2, -0.15) is 0 Å². The van der Waals surface area contributed by atoms with Gasteiger partial charge in [0.15, 0.2) is 0 Å². The zero-order chi connectivity index (χ0) is 16.1. The first-order valence-corrected chi connectivity index (χ1v) is 7.94. The number of esters is 1. The molecule has 1 N–H and O–H groups in total. The Hall–Kier alpha value is -2.08. The van der Waals surface area contributed by atoms with Crippen LogP contribution in [0.15, 0.2) is 22.8 Å². The number of anilines is 1. The van der Waals surface area contributed by atoms with E-state index < -0.39 is 5.97 Å². The number of amides is 1. The average Bonchev–Trinajstić information content (AvgIpc) is 3.06. The van der Waals surface area contributed by atoms with Gasteiger partial charge in [0.05, 0.1) is 18.4 Å². The first-order valence-electron chi connectivity index (χ1n) is 7.12. The maximum absolute atomic E-state index is 12.1. The van der Waals surface area contributed by atoms with Gasteiger partial charge in [0.1, 0.15) is 10.8 Å². The number of furan rings is 1. The Bertz CT molecular complexity index is 658. The predicted octanol–water partition coefficient (Wildman–Crippen LogP) is 3.71. The van der Waals surface area contributed by atoms with Gasteiger partial charge in [-0.3, -0.25) is 4.79 Å². The Labute approximate surface area is 133 Å². The Kier molecular flexibility index (Phi) is 5.38. The van der Waals surface area contributed by atoms with Crippen molar-refractivity contribution in [1.29, 1.82) is 0 Å². The highest BCUT2D eigenvalue weighted by Crippen LogP contribution is 2.33. The summed E-state index contributed by atoms with van der Waals surface area (Å²) in [6.45, 7) is 5.84. The van der Waals surface area contributed by atoms with Gasteiger partial charge >= 0.3 is 5.97 Å². The summed E-state index contributed by atoms with van der Waals surface area (Å²) in [5, 5.41) is 3.36. The SMILES string of the molecule is CCOC(=O)c1c(NC(=O)CCc2ccco2)sc(C)c1C. The van der Waals surface area contributed by atoms with Crippen LogP contribution >= 0.6 is 11.3 Å². The molecule has 2 heterocycles. The zero-order valence-corrected chi connectivity index (χ0v) is 13.7. The Morgan fingerprint density at radius 3 is 2.77 bits per heavy atom. The van der Waals surface area contributed by atoms with E-state index in [2.05, 4.69) is 5.32 Å². The van der Waals surface area contributed by atoms with E-state index in [4.69, 9.17) is 9.15 Å². The molecule has 0 aliphatic heterocycles. The standard InChI is InChI=1S/C16H19NO4S/c1-4-20-16(19)14-10(2)11(3)22-15(14)17-13(18)8-7-12-6-5-9-21-12/h5-6,9H,4,7-8H2,1-3H3,(H,17,18). The predicted molar refractivity (Wildman–Crippen MR) is 85.4 cm³/mol. The van der Waals surface area contributed by atoms with Gasteiger partial charge in [0.2, 0.25) is 5.91 Å². The van der Waals surface area contributed by atoms with Gasteiger partial charge in [-0.25, -0.2) is 4.79 Å². The second kappa shape index (κ2) is 7.26. The van der Waals surface area contributed by atoms with Gasteiger partial charge in [0.25, 0.3) is 0 Å². The monoisotopic (exact) mass is 321 g/mol. The largest absolute Gasteiger partial charge is 0.469 e. The number of hydrogen-bond acceptors (Lipinski definition) is 5. The van der Waals surface area contributed by atoms with Crippen LogP contribution < -0.4 is 5.32 Å². The number of carbonyl (C=O) groups excluding carboxylic acids is 2. The number of ether oxygens (including phenoxy) is 1. The van der Waals surface area contributed by atoms with Gasteiger partial charge in [-0.05, 0) is 38.5 Å². The maximum atomic E-state index is 12.1. The average molecular weight is 321 g/mol. The summed E-state index contributed by atoms with van der Waals surface area (Å²) in [6, 6.07) is 3.62. The number of nitrogens with one attached hydrogen (secondary N) is 1. The molecule has 0 bridgehead atoms. The third-order valence-corrected chi connectivity index (χ3v) is 4.42. The van der Waals surface area contributed by atoms with Crippen LogP contribution in [0.2, 0.25) is 0 Å². The third-order valence-electron chi connectivity index (χ3n) is 3.30. The van der Waals surface area contributed by atoms with Crippen molar-refractivity contribution in [2.45, 2.75) is 33.6 Å². The van der Waals surface area contributed by atoms with E-state index in [0.29, 0.717) is 30.0 Å². The molecule has 0 saturated heterocycles. The van der Waals surface area contributed by atoms with Gasteiger partial charge in [0, 0.05) is 17.7 Å². The highest BCUT2D eigenvalue weighted by Gasteiger charge is 2.21. The molecule has 0 saturated carbocycles. The highest BCUT2D eigenvalue weighted by molar-refractivity contribution is 7.16.